The fourth-order valence-corrected chi connectivity index (χ4v) is 3.01. The molecule has 0 saturated carbocycles. The summed E-state index contributed by atoms with van der Waals surface area (Å²) in [6.07, 6.45) is 1.49. The lowest BCUT2D eigenvalue weighted by atomic mass is 10.1. The molecule has 25 heavy (non-hydrogen) atoms. The summed E-state index contributed by atoms with van der Waals surface area (Å²) in [5.74, 6) is -1.09. The second-order valence-electron chi connectivity index (χ2n) is 5.13. The van der Waals surface area contributed by atoms with Crippen LogP contribution in [0.2, 0.25) is 0 Å². The fourth-order valence-electron chi connectivity index (χ4n) is 2.16. The van der Waals surface area contributed by atoms with E-state index in [0.29, 0.717) is 5.13 Å². The van der Waals surface area contributed by atoms with Gasteiger partial charge in [-0.3, -0.25) is 10.1 Å². The molecule has 0 unspecified atom stereocenters. The van der Waals surface area contributed by atoms with Crippen molar-refractivity contribution in [3.63, 3.8) is 0 Å². The van der Waals surface area contributed by atoms with Gasteiger partial charge in [0.15, 0.2) is 11.7 Å². The van der Waals surface area contributed by atoms with Crippen molar-refractivity contribution in [2.45, 2.75) is 6.92 Å². The van der Waals surface area contributed by atoms with E-state index in [1.165, 1.54) is 23.6 Å². The van der Waals surface area contributed by atoms with Gasteiger partial charge >= 0.3 is 5.97 Å². The van der Waals surface area contributed by atoms with E-state index >= 15 is 0 Å². The average Bonchev–Trinajstić information content (AvgIpc) is 3.01. The highest BCUT2D eigenvalue weighted by molar-refractivity contribution is 7.16. The van der Waals surface area contributed by atoms with Crippen LogP contribution in [0.5, 0.6) is 0 Å². The third kappa shape index (κ3) is 4.27. The molecule has 0 aliphatic carbocycles. The number of ether oxygens (including phenoxy) is 1. The van der Waals surface area contributed by atoms with Crippen molar-refractivity contribution in [2.75, 3.05) is 11.9 Å². The van der Waals surface area contributed by atoms with Gasteiger partial charge in [-0.25, -0.2) is 14.8 Å². The standard InChI is InChI=1S/C18H15N3O3S/c1-12-16(13-7-3-2-4-8-13)21-18(25-12)20-15(22)11-24-17(23)14-9-5-6-10-19-14/h2-10H,11H2,1H3,(H,20,21,22). The quantitative estimate of drug-likeness (QED) is 0.712. The Morgan fingerprint density at radius 3 is 2.60 bits per heavy atom. The summed E-state index contributed by atoms with van der Waals surface area (Å²) in [4.78, 5) is 33.0. The Bertz CT molecular complexity index is 879. The van der Waals surface area contributed by atoms with E-state index in [0.717, 1.165) is 16.1 Å². The van der Waals surface area contributed by atoms with Gasteiger partial charge in [0.25, 0.3) is 5.91 Å². The smallest absolute Gasteiger partial charge is 0.357 e. The minimum atomic E-state index is -0.643. The maximum absolute atomic E-state index is 12.0. The Morgan fingerprint density at radius 2 is 1.88 bits per heavy atom. The number of anilines is 1. The molecule has 0 saturated heterocycles. The lowest BCUT2D eigenvalue weighted by molar-refractivity contribution is -0.119. The summed E-state index contributed by atoms with van der Waals surface area (Å²) >= 11 is 1.37. The van der Waals surface area contributed by atoms with Crippen LogP contribution in [-0.2, 0) is 9.53 Å². The first kappa shape index (κ1) is 16.8. The number of carbonyl (C=O) groups is 2. The first-order valence-corrected chi connectivity index (χ1v) is 8.36. The third-order valence-corrected chi connectivity index (χ3v) is 4.18. The molecule has 3 rings (SSSR count). The van der Waals surface area contributed by atoms with Crippen LogP contribution in [0.15, 0.2) is 54.7 Å². The van der Waals surface area contributed by atoms with Crippen molar-refractivity contribution in [1.29, 1.82) is 0 Å². The summed E-state index contributed by atoms with van der Waals surface area (Å²) in [6.45, 7) is 1.55. The predicted octanol–water partition coefficient (Wildman–Crippen LogP) is 3.31. The van der Waals surface area contributed by atoms with Crippen molar-refractivity contribution in [3.05, 3.63) is 65.3 Å². The number of carbonyl (C=O) groups excluding carboxylic acids is 2. The van der Waals surface area contributed by atoms with E-state index in [2.05, 4.69) is 15.3 Å². The van der Waals surface area contributed by atoms with Gasteiger partial charge in [-0.05, 0) is 19.1 Å². The lowest BCUT2D eigenvalue weighted by Crippen LogP contribution is -2.21. The van der Waals surface area contributed by atoms with Gasteiger partial charge in [0, 0.05) is 16.6 Å². The monoisotopic (exact) mass is 353 g/mol. The largest absolute Gasteiger partial charge is 0.451 e. The Kier molecular flexibility index (Phi) is 5.15. The van der Waals surface area contributed by atoms with Crippen molar-refractivity contribution >= 4 is 28.3 Å². The third-order valence-electron chi connectivity index (χ3n) is 3.30. The highest BCUT2D eigenvalue weighted by Gasteiger charge is 2.14. The number of amides is 1. The SMILES string of the molecule is Cc1sc(NC(=O)COC(=O)c2ccccn2)nc1-c1ccccc1. The molecule has 0 radical (unpaired) electrons. The molecular formula is C18H15N3O3S. The Labute approximate surface area is 148 Å². The average molecular weight is 353 g/mol. The summed E-state index contributed by atoms with van der Waals surface area (Å²) < 4.78 is 4.95. The number of esters is 1. The van der Waals surface area contributed by atoms with Crippen LogP contribution in [0.25, 0.3) is 11.3 Å². The molecule has 0 spiro atoms. The zero-order valence-corrected chi connectivity index (χ0v) is 14.2. The van der Waals surface area contributed by atoms with E-state index in [4.69, 9.17) is 4.74 Å². The molecule has 1 amide bonds. The molecule has 1 N–H and O–H groups in total. The van der Waals surface area contributed by atoms with Gasteiger partial charge in [0.05, 0.1) is 5.69 Å². The second-order valence-corrected chi connectivity index (χ2v) is 6.33. The molecule has 7 heteroatoms. The number of benzene rings is 1. The number of rotatable bonds is 5. The van der Waals surface area contributed by atoms with Crippen LogP contribution in [0.3, 0.4) is 0 Å². The minimum Gasteiger partial charge on any atom is -0.451 e. The molecule has 6 nitrogen and oxygen atoms in total. The predicted molar refractivity (Wildman–Crippen MR) is 95.4 cm³/mol. The zero-order valence-electron chi connectivity index (χ0n) is 13.4. The van der Waals surface area contributed by atoms with Crippen LogP contribution < -0.4 is 5.32 Å². The van der Waals surface area contributed by atoms with Gasteiger partial charge < -0.3 is 4.74 Å². The number of aryl methyl sites for hydroxylation is 1. The topological polar surface area (TPSA) is 81.2 Å². The normalized spacial score (nSPS) is 10.3. The molecule has 2 aromatic heterocycles. The number of aromatic nitrogens is 2. The maximum Gasteiger partial charge on any atom is 0.357 e. The molecular weight excluding hydrogens is 338 g/mol. The molecule has 0 aliphatic heterocycles. The van der Waals surface area contributed by atoms with Gasteiger partial charge in [-0.15, -0.1) is 11.3 Å². The summed E-state index contributed by atoms with van der Waals surface area (Å²) in [7, 11) is 0. The fraction of sp³-hybridized carbons (Fsp3) is 0.111. The number of thiazole rings is 1. The second kappa shape index (κ2) is 7.67. The molecule has 3 aromatic rings. The van der Waals surface area contributed by atoms with Gasteiger partial charge in [-0.2, -0.15) is 0 Å². The van der Waals surface area contributed by atoms with Crippen LogP contribution in [0.1, 0.15) is 15.4 Å². The van der Waals surface area contributed by atoms with Gasteiger partial charge in [0.1, 0.15) is 5.69 Å². The molecule has 1 aromatic carbocycles. The molecule has 126 valence electrons. The number of nitrogens with one attached hydrogen (secondary N) is 1. The molecule has 2 heterocycles. The van der Waals surface area contributed by atoms with E-state index < -0.39 is 18.5 Å². The van der Waals surface area contributed by atoms with Crippen molar-refractivity contribution in [3.8, 4) is 11.3 Å². The zero-order chi connectivity index (χ0) is 17.6. The van der Waals surface area contributed by atoms with Crippen LogP contribution >= 0.6 is 11.3 Å². The van der Waals surface area contributed by atoms with Crippen LogP contribution in [0.4, 0.5) is 5.13 Å². The maximum atomic E-state index is 12.0. The lowest BCUT2D eigenvalue weighted by Gasteiger charge is -2.03. The van der Waals surface area contributed by atoms with Crippen molar-refractivity contribution < 1.29 is 14.3 Å². The first-order chi connectivity index (χ1) is 12.1. The van der Waals surface area contributed by atoms with E-state index in [9.17, 15) is 9.59 Å². The van der Waals surface area contributed by atoms with E-state index in [1.54, 1.807) is 12.1 Å². The number of hydrogen-bond acceptors (Lipinski definition) is 6. The number of pyridine rings is 1. The number of nitrogens with zero attached hydrogens (tertiary/aromatic N) is 2. The van der Waals surface area contributed by atoms with E-state index in [-0.39, 0.29) is 5.69 Å². The summed E-state index contributed by atoms with van der Waals surface area (Å²) in [5.41, 5.74) is 1.97. The molecule has 0 atom stereocenters. The summed E-state index contributed by atoms with van der Waals surface area (Å²) in [5, 5.41) is 3.12. The Hall–Kier alpha value is -3.06. The highest BCUT2D eigenvalue weighted by Crippen LogP contribution is 2.30. The van der Waals surface area contributed by atoms with E-state index in [1.807, 2.05) is 37.3 Å². The summed E-state index contributed by atoms with van der Waals surface area (Å²) in [6, 6.07) is 14.6. The van der Waals surface area contributed by atoms with Crippen molar-refractivity contribution in [1.82, 2.24) is 9.97 Å². The molecule has 0 bridgehead atoms. The Morgan fingerprint density at radius 1 is 1.12 bits per heavy atom. The van der Waals surface area contributed by atoms with Gasteiger partial charge in [-0.1, -0.05) is 36.4 Å². The minimum absolute atomic E-state index is 0.159. The number of hydrogen-bond donors (Lipinski definition) is 1. The van der Waals surface area contributed by atoms with Crippen LogP contribution in [-0.4, -0.2) is 28.5 Å². The first-order valence-electron chi connectivity index (χ1n) is 7.54. The van der Waals surface area contributed by atoms with Gasteiger partial charge in [0.2, 0.25) is 0 Å². The van der Waals surface area contributed by atoms with Crippen LogP contribution in [0, 0.1) is 6.92 Å². The molecule has 0 fully saturated rings. The Balaban J connectivity index is 1.59. The molecule has 0 aliphatic rings. The highest BCUT2D eigenvalue weighted by atomic mass is 32.1. The van der Waals surface area contributed by atoms with Crippen molar-refractivity contribution in [2.24, 2.45) is 0 Å².